The summed E-state index contributed by atoms with van der Waals surface area (Å²) in [5, 5.41) is 3.29. The minimum absolute atomic E-state index is 0.611. The number of hydrogen-bond donors (Lipinski definition) is 1. The van der Waals surface area contributed by atoms with Crippen LogP contribution in [0.15, 0.2) is 20.8 Å². The van der Waals surface area contributed by atoms with E-state index in [9.17, 15) is 0 Å². The van der Waals surface area contributed by atoms with Crippen molar-refractivity contribution in [1.82, 2.24) is 5.32 Å². The molecule has 0 aromatic rings. The molecule has 0 atom stereocenters. The van der Waals surface area contributed by atoms with Gasteiger partial charge in [-0.05, 0) is 0 Å². The molecule has 0 bridgehead atoms. The zero-order chi connectivity index (χ0) is 6.85. The van der Waals surface area contributed by atoms with Crippen molar-refractivity contribution in [2.45, 2.75) is 20.8 Å². The first kappa shape index (κ1) is 6.91. The molecule has 0 fully saturated rings. The molecule has 0 aromatic carbocycles. The molecule has 1 aliphatic heterocycles. The molecule has 0 amide bonds. The molecule has 50 valence electrons. The standard InChI is InChI=1S/C7H11NSe/c1-5-4-9-7(3)6(2)8-5/h4,8H,1-3H3. The third-order valence-corrected chi connectivity index (χ3v) is 3.70. The van der Waals surface area contributed by atoms with Crippen molar-refractivity contribution in [3.63, 3.8) is 0 Å². The Kier molecular flexibility index (Phi) is 1.99. The molecule has 0 aliphatic carbocycles. The summed E-state index contributed by atoms with van der Waals surface area (Å²) in [6.07, 6.45) is 0. The quantitative estimate of drug-likeness (QED) is 0.566. The van der Waals surface area contributed by atoms with E-state index in [0.717, 1.165) is 0 Å². The third kappa shape index (κ3) is 1.60. The Morgan fingerprint density at radius 3 is 2.44 bits per heavy atom. The van der Waals surface area contributed by atoms with Crippen LogP contribution in [0.3, 0.4) is 0 Å². The van der Waals surface area contributed by atoms with Crippen molar-refractivity contribution in [2.75, 3.05) is 0 Å². The first-order valence-corrected chi connectivity index (χ1v) is 4.82. The van der Waals surface area contributed by atoms with Crippen LogP contribution in [0.4, 0.5) is 0 Å². The second kappa shape index (κ2) is 2.59. The van der Waals surface area contributed by atoms with Gasteiger partial charge in [-0.2, -0.15) is 0 Å². The van der Waals surface area contributed by atoms with Gasteiger partial charge in [0.1, 0.15) is 0 Å². The molecule has 0 radical (unpaired) electrons. The Hall–Kier alpha value is -0.201. The third-order valence-electron chi connectivity index (χ3n) is 1.33. The predicted octanol–water partition coefficient (Wildman–Crippen LogP) is 1.41. The maximum atomic E-state index is 3.29. The summed E-state index contributed by atoms with van der Waals surface area (Å²) in [5.41, 5.74) is 2.65. The molecule has 1 nitrogen and oxygen atoms in total. The summed E-state index contributed by atoms with van der Waals surface area (Å²) < 4.78 is 1.51. The summed E-state index contributed by atoms with van der Waals surface area (Å²) in [6, 6.07) is 0. The fourth-order valence-electron chi connectivity index (χ4n) is 0.678. The predicted molar refractivity (Wildman–Crippen MR) is 41.0 cm³/mol. The van der Waals surface area contributed by atoms with Crippen LogP contribution in [0.5, 0.6) is 0 Å². The van der Waals surface area contributed by atoms with Crippen LogP contribution in [-0.2, 0) is 0 Å². The van der Waals surface area contributed by atoms with Gasteiger partial charge in [0.2, 0.25) is 0 Å². The molecule has 0 aromatic heterocycles. The molecule has 0 spiro atoms. The number of nitrogens with one attached hydrogen (secondary N) is 1. The van der Waals surface area contributed by atoms with Crippen LogP contribution in [0, 0.1) is 0 Å². The van der Waals surface area contributed by atoms with E-state index in [1.54, 1.807) is 0 Å². The monoisotopic (exact) mass is 189 g/mol. The zero-order valence-corrected chi connectivity index (χ0v) is 7.70. The Morgan fingerprint density at radius 1 is 1.33 bits per heavy atom. The summed E-state index contributed by atoms with van der Waals surface area (Å²) in [6.45, 7) is 6.43. The number of allylic oxidation sites excluding steroid dienone is 3. The molecule has 1 N–H and O–H groups in total. The van der Waals surface area contributed by atoms with Crippen LogP contribution in [0.2, 0.25) is 0 Å². The maximum absolute atomic E-state index is 3.29. The Morgan fingerprint density at radius 2 is 2.00 bits per heavy atom. The molecule has 9 heavy (non-hydrogen) atoms. The number of hydrogen-bond acceptors (Lipinski definition) is 1. The second-order valence-electron chi connectivity index (χ2n) is 2.22. The topological polar surface area (TPSA) is 12.0 Å². The molecular formula is C7H11NSe. The molecule has 1 heterocycles. The normalized spacial score (nSPS) is 19.2. The molecule has 0 saturated carbocycles. The molecular weight excluding hydrogens is 177 g/mol. The van der Waals surface area contributed by atoms with Crippen LogP contribution >= 0.6 is 0 Å². The average molecular weight is 188 g/mol. The van der Waals surface area contributed by atoms with Crippen LogP contribution in [0.1, 0.15) is 20.8 Å². The fraction of sp³-hybridized carbons (Fsp3) is 0.429. The fourth-order valence-corrected chi connectivity index (χ4v) is 2.02. The Labute approximate surface area is 62.4 Å². The summed E-state index contributed by atoms with van der Waals surface area (Å²) in [5.74, 6) is 0. The van der Waals surface area contributed by atoms with Gasteiger partial charge in [-0.25, -0.2) is 0 Å². The van der Waals surface area contributed by atoms with Gasteiger partial charge >= 0.3 is 61.9 Å². The van der Waals surface area contributed by atoms with E-state index in [0.29, 0.717) is 15.0 Å². The van der Waals surface area contributed by atoms with Crippen LogP contribution < -0.4 is 5.32 Å². The van der Waals surface area contributed by atoms with Crippen molar-refractivity contribution in [1.29, 1.82) is 0 Å². The Balaban J connectivity index is 2.70. The Bertz CT molecular complexity index is 179. The SMILES string of the molecule is CC1=C[Se]C(C)=C(C)N1. The summed E-state index contributed by atoms with van der Waals surface area (Å²) in [7, 11) is 0. The molecule has 1 aliphatic rings. The van der Waals surface area contributed by atoms with Gasteiger partial charge in [0, 0.05) is 0 Å². The van der Waals surface area contributed by atoms with E-state index >= 15 is 0 Å². The van der Waals surface area contributed by atoms with Gasteiger partial charge in [-0.3, -0.25) is 0 Å². The first-order valence-electron chi connectivity index (χ1n) is 2.98. The number of rotatable bonds is 0. The van der Waals surface area contributed by atoms with Crippen molar-refractivity contribution in [2.24, 2.45) is 0 Å². The summed E-state index contributed by atoms with van der Waals surface area (Å²) in [4.78, 5) is 2.27. The van der Waals surface area contributed by atoms with Gasteiger partial charge in [0.05, 0.1) is 0 Å². The van der Waals surface area contributed by atoms with E-state index in [2.05, 4.69) is 31.1 Å². The van der Waals surface area contributed by atoms with Crippen molar-refractivity contribution in [3.8, 4) is 0 Å². The van der Waals surface area contributed by atoms with E-state index in [4.69, 9.17) is 0 Å². The molecule has 1 rings (SSSR count). The zero-order valence-electron chi connectivity index (χ0n) is 5.99. The van der Waals surface area contributed by atoms with Crippen molar-refractivity contribution in [3.05, 3.63) is 20.8 Å². The van der Waals surface area contributed by atoms with Gasteiger partial charge < -0.3 is 0 Å². The van der Waals surface area contributed by atoms with Crippen LogP contribution in [-0.4, -0.2) is 15.0 Å². The van der Waals surface area contributed by atoms with Gasteiger partial charge in [0.15, 0.2) is 0 Å². The second-order valence-corrected chi connectivity index (χ2v) is 4.50. The van der Waals surface area contributed by atoms with E-state index in [1.807, 2.05) is 0 Å². The minimum atomic E-state index is 0.611. The summed E-state index contributed by atoms with van der Waals surface area (Å²) >= 11 is 0.611. The average Bonchev–Trinajstić information content (AvgIpc) is 1.80. The van der Waals surface area contributed by atoms with Crippen LogP contribution in [0.25, 0.3) is 0 Å². The van der Waals surface area contributed by atoms with E-state index in [1.165, 1.54) is 15.9 Å². The van der Waals surface area contributed by atoms with E-state index in [-0.39, 0.29) is 0 Å². The van der Waals surface area contributed by atoms with Gasteiger partial charge in [0.25, 0.3) is 0 Å². The van der Waals surface area contributed by atoms with Crippen molar-refractivity contribution < 1.29 is 0 Å². The van der Waals surface area contributed by atoms with E-state index < -0.39 is 0 Å². The first-order chi connectivity index (χ1) is 4.20. The molecule has 0 saturated heterocycles. The van der Waals surface area contributed by atoms with Gasteiger partial charge in [-0.1, -0.05) is 0 Å². The molecule has 2 heteroatoms. The molecule has 0 unspecified atom stereocenters. The van der Waals surface area contributed by atoms with Gasteiger partial charge in [-0.15, -0.1) is 0 Å². The van der Waals surface area contributed by atoms with Crippen molar-refractivity contribution >= 4 is 15.0 Å².